The summed E-state index contributed by atoms with van der Waals surface area (Å²) in [6.45, 7) is 6.50. The van der Waals surface area contributed by atoms with Crippen molar-refractivity contribution in [1.29, 1.82) is 0 Å². The zero-order chi connectivity index (χ0) is 24.1. The summed E-state index contributed by atoms with van der Waals surface area (Å²) >= 11 is 0. The van der Waals surface area contributed by atoms with E-state index in [0.29, 0.717) is 25.2 Å². The van der Waals surface area contributed by atoms with Crippen molar-refractivity contribution >= 4 is 15.9 Å². The zero-order valence-electron chi connectivity index (χ0n) is 19.6. The SMILES string of the molecule is CCNS(=O)(=O)c1ccc(C)c(C(=O)N2CCN(C(c3ccccc3)c3ccccc3)CC2)c1. The number of rotatable bonds is 7. The smallest absolute Gasteiger partial charge is 0.254 e. The third-order valence-electron chi connectivity index (χ3n) is 6.28. The van der Waals surface area contributed by atoms with E-state index in [1.165, 1.54) is 17.2 Å². The van der Waals surface area contributed by atoms with E-state index in [9.17, 15) is 13.2 Å². The fraction of sp³-hybridized carbons (Fsp3) is 0.296. The number of aryl methyl sites for hydroxylation is 1. The van der Waals surface area contributed by atoms with Crippen LogP contribution in [0.5, 0.6) is 0 Å². The maximum atomic E-state index is 13.4. The molecule has 1 saturated heterocycles. The van der Waals surface area contributed by atoms with Gasteiger partial charge < -0.3 is 4.90 Å². The van der Waals surface area contributed by atoms with E-state index in [4.69, 9.17) is 0 Å². The van der Waals surface area contributed by atoms with Crippen molar-refractivity contribution in [3.8, 4) is 0 Å². The Balaban J connectivity index is 1.53. The minimum Gasteiger partial charge on any atom is -0.336 e. The Hall–Kier alpha value is -3.00. The highest BCUT2D eigenvalue weighted by Crippen LogP contribution is 2.30. The number of piperazine rings is 1. The number of carbonyl (C=O) groups is 1. The van der Waals surface area contributed by atoms with Crippen molar-refractivity contribution in [2.24, 2.45) is 0 Å². The lowest BCUT2D eigenvalue weighted by Gasteiger charge is -2.40. The fourth-order valence-electron chi connectivity index (χ4n) is 4.51. The normalized spacial score (nSPS) is 15.0. The maximum Gasteiger partial charge on any atom is 0.254 e. The van der Waals surface area contributed by atoms with E-state index in [-0.39, 0.29) is 16.8 Å². The van der Waals surface area contributed by atoms with Gasteiger partial charge in [0.1, 0.15) is 0 Å². The van der Waals surface area contributed by atoms with Crippen LogP contribution in [0.3, 0.4) is 0 Å². The van der Waals surface area contributed by atoms with Crippen molar-refractivity contribution in [1.82, 2.24) is 14.5 Å². The van der Waals surface area contributed by atoms with Crippen LogP contribution in [-0.2, 0) is 10.0 Å². The van der Waals surface area contributed by atoms with Gasteiger partial charge in [-0.15, -0.1) is 0 Å². The van der Waals surface area contributed by atoms with Crippen LogP contribution in [0.25, 0.3) is 0 Å². The molecule has 1 amide bonds. The van der Waals surface area contributed by atoms with Gasteiger partial charge in [0, 0.05) is 38.3 Å². The Morgan fingerprint density at radius 1 is 0.882 bits per heavy atom. The second-order valence-electron chi connectivity index (χ2n) is 8.53. The van der Waals surface area contributed by atoms with Crippen molar-refractivity contribution in [3.63, 3.8) is 0 Å². The second-order valence-corrected chi connectivity index (χ2v) is 10.3. The lowest BCUT2D eigenvalue weighted by Crippen LogP contribution is -2.50. The standard InChI is InChI=1S/C27H31N3O3S/c1-3-28-34(32,33)24-15-14-21(2)25(20-24)27(31)30-18-16-29(17-19-30)26(22-10-6-4-7-11-22)23-12-8-5-9-13-23/h4-15,20,26,28H,3,16-19H2,1-2H3. The fourth-order valence-corrected chi connectivity index (χ4v) is 5.58. The predicted molar refractivity (Wildman–Crippen MR) is 134 cm³/mol. The van der Waals surface area contributed by atoms with Crippen molar-refractivity contribution < 1.29 is 13.2 Å². The first kappa shape index (κ1) is 24.1. The summed E-state index contributed by atoms with van der Waals surface area (Å²) in [6.07, 6.45) is 0. The number of nitrogens with zero attached hydrogens (tertiary/aromatic N) is 2. The number of nitrogens with one attached hydrogen (secondary N) is 1. The van der Waals surface area contributed by atoms with E-state index in [1.54, 1.807) is 19.1 Å². The summed E-state index contributed by atoms with van der Waals surface area (Å²) in [5, 5.41) is 0. The summed E-state index contributed by atoms with van der Waals surface area (Å²) < 4.78 is 27.4. The van der Waals surface area contributed by atoms with Crippen LogP contribution in [0.15, 0.2) is 83.8 Å². The lowest BCUT2D eigenvalue weighted by molar-refractivity contribution is 0.0596. The summed E-state index contributed by atoms with van der Waals surface area (Å²) in [5.74, 6) is -0.123. The number of sulfonamides is 1. The van der Waals surface area contributed by atoms with Crippen molar-refractivity contribution in [3.05, 3.63) is 101 Å². The molecule has 3 aromatic rings. The van der Waals surface area contributed by atoms with Crippen LogP contribution in [0, 0.1) is 6.92 Å². The molecular weight excluding hydrogens is 446 g/mol. The van der Waals surface area contributed by atoms with Crippen LogP contribution in [0.4, 0.5) is 0 Å². The lowest BCUT2D eigenvalue weighted by atomic mass is 9.96. The van der Waals surface area contributed by atoms with Gasteiger partial charge in [0.05, 0.1) is 10.9 Å². The molecule has 178 valence electrons. The van der Waals surface area contributed by atoms with E-state index >= 15 is 0 Å². The van der Waals surface area contributed by atoms with Crippen LogP contribution >= 0.6 is 0 Å². The minimum absolute atomic E-state index is 0.120. The van der Waals surface area contributed by atoms with Gasteiger partial charge in [0.2, 0.25) is 10.0 Å². The summed E-state index contributed by atoms with van der Waals surface area (Å²) in [4.78, 5) is 17.7. The highest BCUT2D eigenvalue weighted by atomic mass is 32.2. The zero-order valence-corrected chi connectivity index (χ0v) is 20.5. The van der Waals surface area contributed by atoms with Gasteiger partial charge >= 0.3 is 0 Å². The summed E-state index contributed by atoms with van der Waals surface area (Å²) in [6, 6.07) is 25.7. The first-order valence-electron chi connectivity index (χ1n) is 11.6. The molecule has 34 heavy (non-hydrogen) atoms. The van der Waals surface area contributed by atoms with Crippen molar-refractivity contribution in [2.45, 2.75) is 24.8 Å². The molecule has 0 saturated carbocycles. The van der Waals surface area contributed by atoms with Gasteiger partial charge in [0.15, 0.2) is 0 Å². The number of benzene rings is 3. The predicted octanol–water partition coefficient (Wildman–Crippen LogP) is 3.84. The highest BCUT2D eigenvalue weighted by molar-refractivity contribution is 7.89. The largest absolute Gasteiger partial charge is 0.336 e. The number of hydrogen-bond donors (Lipinski definition) is 1. The molecule has 1 heterocycles. The van der Waals surface area contributed by atoms with Gasteiger partial charge in [-0.05, 0) is 35.7 Å². The molecule has 1 aliphatic rings. The first-order valence-corrected chi connectivity index (χ1v) is 13.1. The Morgan fingerprint density at radius 3 is 1.97 bits per heavy atom. The molecule has 0 spiro atoms. The Bertz CT molecular complexity index is 1180. The van der Waals surface area contributed by atoms with Crippen molar-refractivity contribution in [2.75, 3.05) is 32.7 Å². The molecule has 7 heteroatoms. The van der Waals surface area contributed by atoms with Gasteiger partial charge in [-0.3, -0.25) is 9.69 Å². The minimum atomic E-state index is -3.62. The Kier molecular flexibility index (Phi) is 7.46. The molecule has 4 rings (SSSR count). The highest BCUT2D eigenvalue weighted by Gasteiger charge is 2.29. The molecule has 0 bridgehead atoms. The Labute approximate surface area is 202 Å². The molecule has 1 N–H and O–H groups in total. The average molecular weight is 478 g/mol. The van der Waals surface area contributed by atoms with Gasteiger partial charge in [-0.1, -0.05) is 73.7 Å². The van der Waals surface area contributed by atoms with Gasteiger partial charge in [-0.2, -0.15) is 0 Å². The molecule has 0 unspecified atom stereocenters. The summed E-state index contributed by atoms with van der Waals surface area (Å²) in [7, 11) is -3.62. The molecule has 3 aromatic carbocycles. The molecular formula is C27H31N3O3S. The molecule has 1 fully saturated rings. The van der Waals surface area contributed by atoms with Crippen LogP contribution < -0.4 is 4.72 Å². The topological polar surface area (TPSA) is 69.7 Å². The summed E-state index contributed by atoms with van der Waals surface area (Å²) in [5.41, 5.74) is 3.67. The number of hydrogen-bond acceptors (Lipinski definition) is 4. The van der Waals surface area contributed by atoms with Crippen LogP contribution in [0.2, 0.25) is 0 Å². The molecule has 6 nitrogen and oxygen atoms in total. The van der Waals surface area contributed by atoms with E-state index in [0.717, 1.165) is 18.7 Å². The monoisotopic (exact) mass is 477 g/mol. The maximum absolute atomic E-state index is 13.4. The van der Waals surface area contributed by atoms with E-state index in [1.807, 2.05) is 24.0 Å². The third-order valence-corrected chi connectivity index (χ3v) is 7.82. The third kappa shape index (κ3) is 5.22. The first-order chi connectivity index (χ1) is 16.4. The molecule has 1 aliphatic heterocycles. The Morgan fingerprint density at radius 2 is 1.44 bits per heavy atom. The van der Waals surface area contributed by atoms with Gasteiger partial charge in [-0.25, -0.2) is 13.1 Å². The molecule has 0 atom stereocenters. The van der Waals surface area contributed by atoms with Gasteiger partial charge in [0.25, 0.3) is 5.91 Å². The van der Waals surface area contributed by atoms with E-state index in [2.05, 4.69) is 58.2 Å². The average Bonchev–Trinajstić information content (AvgIpc) is 2.86. The second kappa shape index (κ2) is 10.5. The van der Waals surface area contributed by atoms with Crippen LogP contribution in [-0.4, -0.2) is 56.8 Å². The molecule has 0 aromatic heterocycles. The van der Waals surface area contributed by atoms with E-state index < -0.39 is 10.0 Å². The number of amides is 1. The quantitative estimate of drug-likeness (QED) is 0.561. The molecule has 0 aliphatic carbocycles. The number of carbonyl (C=O) groups excluding carboxylic acids is 1. The molecule has 0 radical (unpaired) electrons. The van der Waals surface area contributed by atoms with Crippen LogP contribution in [0.1, 0.15) is 40.0 Å².